The number of nitrogens with zero attached hydrogens (tertiary/aromatic N) is 1. The van der Waals surface area contributed by atoms with E-state index in [0.717, 1.165) is 5.37 Å². The Morgan fingerprint density at radius 2 is 1.08 bits per heavy atom. The molecule has 0 saturated heterocycles. The Labute approximate surface area is 165 Å². The second-order valence-corrected chi connectivity index (χ2v) is 9.26. The minimum atomic E-state index is 0.832. The molecule has 0 rings (SSSR count). The van der Waals surface area contributed by atoms with Crippen molar-refractivity contribution in [2.45, 2.75) is 123 Å². The van der Waals surface area contributed by atoms with E-state index < -0.39 is 0 Å². The summed E-state index contributed by atoms with van der Waals surface area (Å²) < 4.78 is 1.36. The molecule has 0 aliphatic rings. The van der Waals surface area contributed by atoms with Crippen molar-refractivity contribution in [2.75, 3.05) is 25.4 Å². The number of hydrogen-bond donors (Lipinski definition) is 0. The normalized spacial score (nSPS) is 13.3. The van der Waals surface area contributed by atoms with Crippen molar-refractivity contribution in [3.8, 4) is 0 Å². The second-order valence-electron chi connectivity index (χ2n) is 7.81. The van der Waals surface area contributed by atoms with E-state index in [4.69, 9.17) is 0 Å². The molecule has 0 aromatic heterocycles. The van der Waals surface area contributed by atoms with Crippen LogP contribution in [0, 0.1) is 0 Å². The summed E-state index contributed by atoms with van der Waals surface area (Å²) in [7, 11) is 0. The SMILES string of the molecule is CCCCCCCCCCCC[N+](CC)(CC)C(CCCC)SCC. The van der Waals surface area contributed by atoms with Gasteiger partial charge in [0, 0.05) is 6.42 Å². The average molecular weight is 373 g/mol. The predicted octanol–water partition coefficient (Wildman–Crippen LogP) is 8.03. The van der Waals surface area contributed by atoms with Crippen LogP contribution in [-0.2, 0) is 0 Å². The number of hydrogen-bond acceptors (Lipinski definition) is 1. The Balaban J connectivity index is 4.07. The zero-order valence-electron chi connectivity index (χ0n) is 18.5. The lowest BCUT2D eigenvalue weighted by Gasteiger charge is -2.43. The maximum absolute atomic E-state index is 2.43. The number of rotatable bonds is 19. The lowest BCUT2D eigenvalue weighted by Crippen LogP contribution is -2.54. The lowest BCUT2D eigenvalue weighted by molar-refractivity contribution is -0.934. The molecule has 0 bridgehead atoms. The molecule has 0 N–H and O–H groups in total. The van der Waals surface area contributed by atoms with Crippen LogP contribution in [0.3, 0.4) is 0 Å². The largest absolute Gasteiger partial charge is 0.313 e. The second kappa shape index (κ2) is 17.7. The van der Waals surface area contributed by atoms with Crippen molar-refractivity contribution >= 4 is 11.8 Å². The minimum Gasteiger partial charge on any atom is -0.313 e. The topological polar surface area (TPSA) is 0 Å². The molecule has 0 fully saturated rings. The number of quaternary nitrogens is 1. The Bertz CT molecular complexity index is 263. The first-order chi connectivity index (χ1) is 12.2. The summed E-state index contributed by atoms with van der Waals surface area (Å²) in [6, 6.07) is 0. The van der Waals surface area contributed by atoms with Crippen molar-refractivity contribution in [3.63, 3.8) is 0 Å². The summed E-state index contributed by atoms with van der Waals surface area (Å²) in [6.45, 7) is 15.9. The summed E-state index contributed by atoms with van der Waals surface area (Å²) >= 11 is 2.23. The van der Waals surface area contributed by atoms with E-state index in [0.29, 0.717) is 0 Å². The molecule has 0 aliphatic carbocycles. The van der Waals surface area contributed by atoms with Crippen LogP contribution in [-0.4, -0.2) is 35.2 Å². The summed E-state index contributed by atoms with van der Waals surface area (Å²) in [5, 5.41) is 0.832. The Morgan fingerprint density at radius 3 is 1.52 bits per heavy atom. The van der Waals surface area contributed by atoms with E-state index >= 15 is 0 Å². The summed E-state index contributed by atoms with van der Waals surface area (Å²) in [5.74, 6) is 1.27. The highest BCUT2D eigenvalue weighted by Crippen LogP contribution is 2.29. The Kier molecular flexibility index (Phi) is 17.9. The minimum absolute atomic E-state index is 0.832. The molecule has 0 aromatic carbocycles. The smallest absolute Gasteiger partial charge is 0.135 e. The lowest BCUT2D eigenvalue weighted by atomic mass is 10.1. The van der Waals surface area contributed by atoms with Gasteiger partial charge in [0.25, 0.3) is 0 Å². The molecule has 25 heavy (non-hydrogen) atoms. The van der Waals surface area contributed by atoms with E-state index in [9.17, 15) is 0 Å². The van der Waals surface area contributed by atoms with Crippen molar-refractivity contribution in [3.05, 3.63) is 0 Å². The van der Waals surface area contributed by atoms with Gasteiger partial charge in [-0.05, 0) is 38.9 Å². The number of unbranched alkanes of at least 4 members (excludes halogenated alkanes) is 10. The van der Waals surface area contributed by atoms with Gasteiger partial charge >= 0.3 is 0 Å². The number of thioether (sulfide) groups is 1. The van der Waals surface area contributed by atoms with Gasteiger partial charge in [0.15, 0.2) is 0 Å². The summed E-state index contributed by atoms with van der Waals surface area (Å²) in [5.41, 5.74) is 0. The van der Waals surface area contributed by atoms with Gasteiger partial charge in [0.05, 0.1) is 19.6 Å². The van der Waals surface area contributed by atoms with Crippen LogP contribution in [0.5, 0.6) is 0 Å². The third kappa shape index (κ3) is 11.6. The molecular formula is C23H50NS+. The van der Waals surface area contributed by atoms with Gasteiger partial charge in [-0.1, -0.05) is 90.3 Å². The highest BCUT2D eigenvalue weighted by atomic mass is 32.2. The van der Waals surface area contributed by atoms with Gasteiger partial charge in [0.2, 0.25) is 0 Å². The molecule has 1 unspecified atom stereocenters. The molecule has 0 radical (unpaired) electrons. The zero-order valence-corrected chi connectivity index (χ0v) is 19.3. The fourth-order valence-electron chi connectivity index (χ4n) is 4.09. The molecular weight excluding hydrogens is 322 g/mol. The third-order valence-electron chi connectivity index (χ3n) is 5.99. The molecule has 0 saturated carbocycles. The molecule has 0 amide bonds. The average Bonchev–Trinajstić information content (AvgIpc) is 2.64. The summed E-state index contributed by atoms with van der Waals surface area (Å²) in [4.78, 5) is 0. The summed E-state index contributed by atoms with van der Waals surface area (Å²) in [6.07, 6.45) is 18.6. The fourth-order valence-corrected chi connectivity index (χ4v) is 5.53. The molecule has 2 heteroatoms. The van der Waals surface area contributed by atoms with Crippen molar-refractivity contribution in [1.29, 1.82) is 0 Å². The van der Waals surface area contributed by atoms with E-state index in [1.807, 2.05) is 0 Å². The first kappa shape index (κ1) is 25.3. The van der Waals surface area contributed by atoms with Gasteiger partial charge in [0.1, 0.15) is 5.37 Å². The van der Waals surface area contributed by atoms with E-state index in [1.165, 1.54) is 113 Å². The monoisotopic (exact) mass is 372 g/mol. The van der Waals surface area contributed by atoms with Gasteiger partial charge in [-0.25, -0.2) is 0 Å². The molecule has 0 spiro atoms. The zero-order chi connectivity index (χ0) is 18.8. The molecule has 152 valence electrons. The van der Waals surface area contributed by atoms with E-state index in [-0.39, 0.29) is 0 Å². The molecule has 1 nitrogen and oxygen atoms in total. The van der Waals surface area contributed by atoms with Crippen LogP contribution in [0.15, 0.2) is 0 Å². The quantitative estimate of drug-likeness (QED) is 0.126. The van der Waals surface area contributed by atoms with Gasteiger partial charge in [-0.3, -0.25) is 0 Å². The Morgan fingerprint density at radius 1 is 0.600 bits per heavy atom. The maximum Gasteiger partial charge on any atom is 0.135 e. The van der Waals surface area contributed by atoms with Crippen LogP contribution >= 0.6 is 11.8 Å². The molecule has 0 heterocycles. The fraction of sp³-hybridized carbons (Fsp3) is 1.00. The highest BCUT2D eigenvalue weighted by Gasteiger charge is 2.32. The third-order valence-corrected chi connectivity index (χ3v) is 7.39. The first-order valence-electron chi connectivity index (χ1n) is 11.7. The van der Waals surface area contributed by atoms with Crippen LogP contribution in [0.25, 0.3) is 0 Å². The van der Waals surface area contributed by atoms with E-state index in [1.54, 1.807) is 0 Å². The van der Waals surface area contributed by atoms with Gasteiger partial charge in [-0.2, -0.15) is 0 Å². The van der Waals surface area contributed by atoms with Crippen LogP contribution in [0.4, 0.5) is 0 Å². The molecule has 1 atom stereocenters. The molecule has 0 aromatic rings. The van der Waals surface area contributed by atoms with Crippen molar-refractivity contribution in [1.82, 2.24) is 0 Å². The first-order valence-corrected chi connectivity index (χ1v) is 12.7. The Hall–Kier alpha value is 0.310. The van der Waals surface area contributed by atoms with Gasteiger partial charge < -0.3 is 4.48 Å². The molecule has 0 aliphatic heterocycles. The van der Waals surface area contributed by atoms with E-state index in [2.05, 4.69) is 46.4 Å². The predicted molar refractivity (Wildman–Crippen MR) is 119 cm³/mol. The van der Waals surface area contributed by atoms with Crippen molar-refractivity contribution in [2.24, 2.45) is 0 Å². The maximum atomic E-state index is 2.43. The van der Waals surface area contributed by atoms with Crippen LogP contribution < -0.4 is 0 Å². The highest BCUT2D eigenvalue weighted by molar-refractivity contribution is 7.99. The standard InChI is InChI=1S/C23H50NS/c1-6-11-13-14-15-16-17-18-19-20-22-24(8-3,9-4)23(25-10-5)21-12-7-2/h23H,6-22H2,1-5H3/q+1. The van der Waals surface area contributed by atoms with Crippen molar-refractivity contribution < 1.29 is 4.48 Å². The van der Waals surface area contributed by atoms with Crippen LogP contribution in [0.1, 0.15) is 118 Å². The van der Waals surface area contributed by atoms with Crippen LogP contribution in [0.2, 0.25) is 0 Å². The van der Waals surface area contributed by atoms with Gasteiger partial charge in [-0.15, -0.1) is 0 Å².